The molecule has 0 amide bonds. The van der Waals surface area contributed by atoms with Crippen LogP contribution in [0.5, 0.6) is 0 Å². The number of imidazole rings is 1. The average Bonchev–Trinajstić information content (AvgIpc) is 2.89. The minimum Gasteiger partial charge on any atom is -0.316 e. The van der Waals surface area contributed by atoms with Crippen LogP contribution in [0.25, 0.3) is 5.69 Å². The molecule has 4 heteroatoms. The van der Waals surface area contributed by atoms with Gasteiger partial charge in [-0.1, -0.05) is 12.1 Å². The van der Waals surface area contributed by atoms with Gasteiger partial charge in [-0.3, -0.25) is 0 Å². The number of rotatable bonds is 2. The summed E-state index contributed by atoms with van der Waals surface area (Å²) in [6.07, 6.45) is 5.84. The van der Waals surface area contributed by atoms with E-state index in [1.165, 1.54) is 6.07 Å². The summed E-state index contributed by atoms with van der Waals surface area (Å²) < 4.78 is 15.7. The lowest BCUT2D eigenvalue weighted by atomic mass is 9.96. The highest BCUT2D eigenvalue weighted by Gasteiger charge is 2.20. The Balaban J connectivity index is 1.98. The maximum absolute atomic E-state index is 13.8. The molecule has 94 valence electrons. The number of hydrogen-bond acceptors (Lipinski definition) is 2. The van der Waals surface area contributed by atoms with Gasteiger partial charge < -0.3 is 9.88 Å². The van der Waals surface area contributed by atoms with Crippen molar-refractivity contribution < 1.29 is 4.39 Å². The third-order valence-electron chi connectivity index (χ3n) is 3.49. The van der Waals surface area contributed by atoms with Crippen molar-refractivity contribution in [2.75, 3.05) is 13.1 Å². The van der Waals surface area contributed by atoms with Crippen LogP contribution in [0.2, 0.25) is 0 Å². The van der Waals surface area contributed by atoms with Crippen LogP contribution in [0.1, 0.15) is 24.5 Å². The van der Waals surface area contributed by atoms with E-state index in [1.807, 2.05) is 16.8 Å². The Morgan fingerprint density at radius 1 is 1.33 bits per heavy atom. The first kappa shape index (κ1) is 11.4. The van der Waals surface area contributed by atoms with Gasteiger partial charge in [-0.25, -0.2) is 9.37 Å². The molecule has 2 aromatic rings. The number of benzene rings is 1. The van der Waals surface area contributed by atoms with Gasteiger partial charge in [0.1, 0.15) is 5.82 Å². The Hall–Kier alpha value is -1.68. The zero-order chi connectivity index (χ0) is 12.4. The van der Waals surface area contributed by atoms with Crippen LogP contribution in [-0.2, 0) is 0 Å². The van der Waals surface area contributed by atoms with E-state index < -0.39 is 0 Å². The molecule has 18 heavy (non-hydrogen) atoms. The van der Waals surface area contributed by atoms with Crippen molar-refractivity contribution in [3.05, 3.63) is 48.3 Å². The van der Waals surface area contributed by atoms with Crippen molar-refractivity contribution in [1.29, 1.82) is 0 Å². The minimum absolute atomic E-state index is 0.208. The third kappa shape index (κ3) is 2.04. The van der Waals surface area contributed by atoms with Gasteiger partial charge >= 0.3 is 0 Å². The van der Waals surface area contributed by atoms with Crippen molar-refractivity contribution >= 4 is 0 Å². The van der Waals surface area contributed by atoms with Crippen LogP contribution in [0, 0.1) is 5.82 Å². The molecule has 1 aliphatic rings. The molecule has 1 N–H and O–H groups in total. The molecule has 0 spiro atoms. The standard InChI is InChI=1S/C14H16FN3/c15-12-5-1-2-6-13(12)18-10-17-9-14(18)11-4-3-7-16-8-11/h1-2,5-6,9-11,16H,3-4,7-8H2. The summed E-state index contributed by atoms with van der Waals surface area (Å²) in [6.45, 7) is 2.02. The maximum Gasteiger partial charge on any atom is 0.147 e. The molecule has 0 saturated carbocycles. The van der Waals surface area contributed by atoms with Crippen LogP contribution >= 0.6 is 0 Å². The summed E-state index contributed by atoms with van der Waals surface area (Å²) in [7, 11) is 0. The third-order valence-corrected chi connectivity index (χ3v) is 3.49. The second-order valence-corrected chi connectivity index (χ2v) is 4.68. The molecule has 0 aliphatic carbocycles. The molecule has 2 heterocycles. The first-order valence-corrected chi connectivity index (χ1v) is 6.34. The summed E-state index contributed by atoms with van der Waals surface area (Å²) in [5.41, 5.74) is 1.67. The Morgan fingerprint density at radius 3 is 3.00 bits per heavy atom. The first-order valence-electron chi connectivity index (χ1n) is 6.34. The van der Waals surface area contributed by atoms with Crippen LogP contribution in [0.4, 0.5) is 4.39 Å². The van der Waals surface area contributed by atoms with Gasteiger partial charge in [0.05, 0.1) is 12.0 Å². The fourth-order valence-corrected chi connectivity index (χ4v) is 2.56. The fourth-order valence-electron chi connectivity index (χ4n) is 2.56. The second kappa shape index (κ2) is 4.90. The molecular formula is C14H16FN3. The largest absolute Gasteiger partial charge is 0.316 e. The van der Waals surface area contributed by atoms with Crippen molar-refractivity contribution in [3.8, 4) is 5.69 Å². The lowest BCUT2D eigenvalue weighted by Gasteiger charge is -2.23. The van der Waals surface area contributed by atoms with E-state index in [9.17, 15) is 4.39 Å². The molecule has 0 bridgehead atoms. The number of nitrogens with one attached hydrogen (secondary N) is 1. The number of nitrogens with zero attached hydrogens (tertiary/aromatic N) is 2. The van der Waals surface area contributed by atoms with Crippen LogP contribution < -0.4 is 5.32 Å². The lowest BCUT2D eigenvalue weighted by molar-refractivity contribution is 0.450. The topological polar surface area (TPSA) is 29.9 Å². The Morgan fingerprint density at radius 2 is 2.22 bits per heavy atom. The van der Waals surface area contributed by atoms with Gasteiger partial charge in [0.15, 0.2) is 0 Å². The minimum atomic E-state index is -0.208. The van der Waals surface area contributed by atoms with E-state index in [1.54, 1.807) is 18.5 Å². The number of aromatic nitrogens is 2. The van der Waals surface area contributed by atoms with Crippen molar-refractivity contribution in [2.45, 2.75) is 18.8 Å². The van der Waals surface area contributed by atoms with Crippen LogP contribution in [0.15, 0.2) is 36.8 Å². The molecule has 1 unspecified atom stereocenters. The monoisotopic (exact) mass is 245 g/mol. The van der Waals surface area contributed by atoms with Crippen LogP contribution in [0.3, 0.4) is 0 Å². The molecule has 3 rings (SSSR count). The Kier molecular flexibility index (Phi) is 3.11. The molecule has 1 atom stereocenters. The van der Waals surface area contributed by atoms with Crippen molar-refractivity contribution in [1.82, 2.24) is 14.9 Å². The van der Waals surface area contributed by atoms with E-state index in [2.05, 4.69) is 10.3 Å². The molecule has 3 nitrogen and oxygen atoms in total. The summed E-state index contributed by atoms with van der Waals surface area (Å²) >= 11 is 0. The van der Waals surface area contributed by atoms with Crippen LogP contribution in [-0.4, -0.2) is 22.6 Å². The predicted octanol–water partition coefficient (Wildman–Crippen LogP) is 2.48. The number of para-hydroxylation sites is 1. The molecular weight excluding hydrogens is 229 g/mol. The van der Waals surface area contributed by atoms with Gasteiger partial charge in [-0.15, -0.1) is 0 Å². The molecule has 1 aromatic heterocycles. The highest BCUT2D eigenvalue weighted by molar-refractivity contribution is 5.36. The summed E-state index contributed by atoms with van der Waals surface area (Å²) in [5, 5.41) is 3.38. The molecule has 1 aliphatic heterocycles. The normalized spacial score (nSPS) is 19.9. The van der Waals surface area contributed by atoms with Gasteiger partial charge in [-0.05, 0) is 31.5 Å². The summed E-state index contributed by atoms with van der Waals surface area (Å²) in [4.78, 5) is 4.18. The second-order valence-electron chi connectivity index (χ2n) is 4.68. The number of piperidine rings is 1. The Labute approximate surface area is 106 Å². The van der Waals surface area contributed by atoms with Crippen molar-refractivity contribution in [2.24, 2.45) is 0 Å². The maximum atomic E-state index is 13.8. The van der Waals surface area contributed by atoms with E-state index in [-0.39, 0.29) is 5.82 Å². The van der Waals surface area contributed by atoms with E-state index >= 15 is 0 Å². The Bertz CT molecular complexity index is 529. The van der Waals surface area contributed by atoms with Gasteiger partial charge in [0, 0.05) is 24.4 Å². The molecule has 1 fully saturated rings. The van der Waals surface area contributed by atoms with Gasteiger partial charge in [-0.2, -0.15) is 0 Å². The van der Waals surface area contributed by atoms with Gasteiger partial charge in [0.25, 0.3) is 0 Å². The van der Waals surface area contributed by atoms with Gasteiger partial charge in [0.2, 0.25) is 0 Å². The highest BCUT2D eigenvalue weighted by Crippen LogP contribution is 2.26. The lowest BCUT2D eigenvalue weighted by Crippen LogP contribution is -2.29. The fraction of sp³-hybridized carbons (Fsp3) is 0.357. The van der Waals surface area contributed by atoms with Crippen molar-refractivity contribution in [3.63, 3.8) is 0 Å². The first-order chi connectivity index (χ1) is 8.86. The quantitative estimate of drug-likeness (QED) is 0.881. The zero-order valence-corrected chi connectivity index (χ0v) is 10.1. The zero-order valence-electron chi connectivity index (χ0n) is 10.1. The summed E-state index contributed by atoms with van der Waals surface area (Å²) in [6, 6.07) is 6.83. The SMILES string of the molecule is Fc1ccccc1-n1cncc1C1CCCNC1. The molecule has 1 aromatic carbocycles. The summed E-state index contributed by atoms with van der Waals surface area (Å²) in [5.74, 6) is 0.210. The average molecular weight is 245 g/mol. The number of halogens is 1. The van der Waals surface area contributed by atoms with E-state index in [0.29, 0.717) is 11.6 Å². The smallest absolute Gasteiger partial charge is 0.147 e. The molecule has 0 radical (unpaired) electrons. The predicted molar refractivity (Wildman–Crippen MR) is 68.4 cm³/mol. The van der Waals surface area contributed by atoms with E-state index in [4.69, 9.17) is 0 Å². The molecule has 1 saturated heterocycles. The highest BCUT2D eigenvalue weighted by atomic mass is 19.1. The van der Waals surface area contributed by atoms with E-state index in [0.717, 1.165) is 31.6 Å². The number of hydrogen-bond donors (Lipinski definition) is 1.